The molecule has 0 aliphatic carbocycles. The van der Waals surface area contributed by atoms with Crippen molar-refractivity contribution in [3.63, 3.8) is 0 Å². The highest BCUT2D eigenvalue weighted by Crippen LogP contribution is 2.19. The molecule has 2 fully saturated rings. The second kappa shape index (κ2) is 4.94. The van der Waals surface area contributed by atoms with Crippen LogP contribution in [0.15, 0.2) is 0 Å². The quantitative estimate of drug-likeness (QED) is 0.685. The predicted octanol–water partition coefficient (Wildman–Crippen LogP) is 0.396. The molecule has 0 aromatic carbocycles. The Morgan fingerprint density at radius 3 is 2.60 bits per heavy atom. The first kappa shape index (κ1) is 10.9. The molecule has 0 bridgehead atoms. The van der Waals surface area contributed by atoms with Gasteiger partial charge in [0, 0.05) is 19.7 Å². The predicted molar refractivity (Wildman–Crippen MR) is 55.4 cm³/mol. The summed E-state index contributed by atoms with van der Waals surface area (Å²) >= 11 is 0. The molecule has 1 amide bonds. The van der Waals surface area contributed by atoms with E-state index in [0.717, 1.165) is 32.3 Å². The number of nitrogens with zero attached hydrogens (tertiary/aromatic N) is 1. The monoisotopic (exact) mass is 213 g/mol. The molecule has 0 saturated carbocycles. The number of hydrogen-bond donors (Lipinski definition) is 1. The summed E-state index contributed by atoms with van der Waals surface area (Å²) in [6.07, 6.45) is 3.18. The Kier molecular flexibility index (Phi) is 3.59. The average Bonchev–Trinajstić information content (AvgIpc) is 2.30. The van der Waals surface area contributed by atoms with Crippen LogP contribution in [-0.4, -0.2) is 48.3 Å². The van der Waals surface area contributed by atoms with Gasteiger partial charge in [0.15, 0.2) is 0 Å². The third-order valence-electron chi connectivity index (χ3n) is 3.29. The molecule has 2 heterocycles. The molecule has 2 rings (SSSR count). The molecular formula is C11H19NO3. The number of amides is 1. The highest BCUT2D eigenvalue weighted by molar-refractivity contribution is 5.79. The molecule has 0 aromatic heterocycles. The lowest BCUT2D eigenvalue weighted by molar-refractivity contribution is -0.141. The highest BCUT2D eigenvalue weighted by atomic mass is 16.5. The van der Waals surface area contributed by atoms with Gasteiger partial charge in [-0.1, -0.05) is 0 Å². The second-order valence-corrected chi connectivity index (χ2v) is 4.47. The molecule has 2 saturated heterocycles. The number of piperidine rings is 1. The molecule has 0 aromatic rings. The van der Waals surface area contributed by atoms with Gasteiger partial charge in [0.25, 0.3) is 0 Å². The van der Waals surface area contributed by atoms with E-state index < -0.39 is 0 Å². The SMILES string of the molecule is O=C(C1CCCOC1)N1CCC(O)CC1. The largest absolute Gasteiger partial charge is 0.393 e. The zero-order chi connectivity index (χ0) is 10.7. The summed E-state index contributed by atoms with van der Waals surface area (Å²) in [5.74, 6) is 0.288. The maximum absolute atomic E-state index is 12.0. The summed E-state index contributed by atoms with van der Waals surface area (Å²) in [5.41, 5.74) is 0. The highest BCUT2D eigenvalue weighted by Gasteiger charge is 2.28. The number of rotatable bonds is 1. The van der Waals surface area contributed by atoms with E-state index in [-0.39, 0.29) is 17.9 Å². The van der Waals surface area contributed by atoms with Crippen LogP contribution in [0, 0.1) is 5.92 Å². The van der Waals surface area contributed by atoms with Crippen LogP contribution in [0.1, 0.15) is 25.7 Å². The van der Waals surface area contributed by atoms with Crippen molar-refractivity contribution in [3.8, 4) is 0 Å². The summed E-state index contributed by atoms with van der Waals surface area (Å²) in [6, 6.07) is 0. The number of aliphatic hydroxyl groups is 1. The zero-order valence-electron chi connectivity index (χ0n) is 9.02. The molecule has 4 heteroatoms. The van der Waals surface area contributed by atoms with Crippen LogP contribution < -0.4 is 0 Å². The van der Waals surface area contributed by atoms with Gasteiger partial charge in [-0.3, -0.25) is 4.79 Å². The maximum Gasteiger partial charge on any atom is 0.228 e. The summed E-state index contributed by atoms with van der Waals surface area (Å²) in [6.45, 7) is 2.79. The summed E-state index contributed by atoms with van der Waals surface area (Å²) in [7, 11) is 0. The summed E-state index contributed by atoms with van der Waals surface area (Å²) in [5, 5.41) is 9.36. The lowest BCUT2D eigenvalue weighted by Gasteiger charge is -2.33. The zero-order valence-corrected chi connectivity index (χ0v) is 9.02. The van der Waals surface area contributed by atoms with Crippen molar-refractivity contribution >= 4 is 5.91 Å². The van der Waals surface area contributed by atoms with Crippen LogP contribution in [0.4, 0.5) is 0 Å². The van der Waals surface area contributed by atoms with Crippen LogP contribution in [0.2, 0.25) is 0 Å². The van der Waals surface area contributed by atoms with Gasteiger partial charge >= 0.3 is 0 Å². The fraction of sp³-hybridized carbons (Fsp3) is 0.909. The minimum Gasteiger partial charge on any atom is -0.393 e. The summed E-state index contributed by atoms with van der Waals surface area (Å²) in [4.78, 5) is 13.9. The lowest BCUT2D eigenvalue weighted by Crippen LogP contribution is -2.44. The van der Waals surface area contributed by atoms with E-state index in [1.54, 1.807) is 0 Å². The molecule has 0 radical (unpaired) electrons. The first-order valence-electron chi connectivity index (χ1n) is 5.82. The number of hydrogen-bond acceptors (Lipinski definition) is 3. The van der Waals surface area contributed by atoms with Crippen LogP contribution >= 0.6 is 0 Å². The van der Waals surface area contributed by atoms with Crippen molar-refractivity contribution < 1.29 is 14.6 Å². The number of aliphatic hydroxyl groups excluding tert-OH is 1. The van der Waals surface area contributed by atoms with Gasteiger partial charge < -0.3 is 14.7 Å². The molecule has 1 N–H and O–H groups in total. The number of ether oxygens (including phenoxy) is 1. The molecule has 15 heavy (non-hydrogen) atoms. The third-order valence-corrected chi connectivity index (χ3v) is 3.29. The number of carbonyl (C=O) groups excluding carboxylic acids is 1. The Balaban J connectivity index is 1.84. The van der Waals surface area contributed by atoms with Gasteiger partial charge in [-0.15, -0.1) is 0 Å². The van der Waals surface area contributed by atoms with Crippen molar-refractivity contribution in [2.24, 2.45) is 5.92 Å². The van der Waals surface area contributed by atoms with Gasteiger partial charge in [-0.2, -0.15) is 0 Å². The molecule has 0 spiro atoms. The third kappa shape index (κ3) is 2.69. The van der Waals surface area contributed by atoms with Crippen LogP contribution in [0.25, 0.3) is 0 Å². The molecule has 86 valence electrons. The van der Waals surface area contributed by atoms with Crippen molar-refractivity contribution in [2.75, 3.05) is 26.3 Å². The van der Waals surface area contributed by atoms with Crippen molar-refractivity contribution in [3.05, 3.63) is 0 Å². The molecular weight excluding hydrogens is 194 g/mol. The first-order valence-corrected chi connectivity index (χ1v) is 5.82. The van der Waals surface area contributed by atoms with Crippen LogP contribution in [0.3, 0.4) is 0 Å². The van der Waals surface area contributed by atoms with Crippen molar-refractivity contribution in [2.45, 2.75) is 31.8 Å². The minimum atomic E-state index is -0.211. The van der Waals surface area contributed by atoms with E-state index in [9.17, 15) is 9.90 Å². The van der Waals surface area contributed by atoms with Gasteiger partial charge in [-0.25, -0.2) is 0 Å². The normalized spacial score (nSPS) is 29.1. The van der Waals surface area contributed by atoms with Gasteiger partial charge in [-0.05, 0) is 25.7 Å². The Morgan fingerprint density at radius 1 is 1.27 bits per heavy atom. The summed E-state index contributed by atoms with van der Waals surface area (Å²) < 4.78 is 5.32. The fourth-order valence-electron chi connectivity index (χ4n) is 2.28. The van der Waals surface area contributed by atoms with Gasteiger partial charge in [0.1, 0.15) is 0 Å². The topological polar surface area (TPSA) is 49.8 Å². The Labute approximate surface area is 90.2 Å². The lowest BCUT2D eigenvalue weighted by atomic mass is 9.99. The van der Waals surface area contributed by atoms with E-state index >= 15 is 0 Å². The van der Waals surface area contributed by atoms with Crippen LogP contribution in [-0.2, 0) is 9.53 Å². The Bertz CT molecular complexity index is 218. The fourth-order valence-corrected chi connectivity index (χ4v) is 2.28. The van der Waals surface area contributed by atoms with Crippen molar-refractivity contribution in [1.29, 1.82) is 0 Å². The van der Waals surface area contributed by atoms with Crippen LogP contribution in [0.5, 0.6) is 0 Å². The van der Waals surface area contributed by atoms with E-state index in [1.807, 2.05) is 4.90 Å². The van der Waals surface area contributed by atoms with E-state index in [2.05, 4.69) is 0 Å². The first-order chi connectivity index (χ1) is 7.27. The average molecular weight is 213 g/mol. The number of likely N-dealkylation sites (tertiary alicyclic amines) is 1. The Morgan fingerprint density at radius 2 is 2.00 bits per heavy atom. The molecule has 2 aliphatic heterocycles. The Hall–Kier alpha value is -0.610. The smallest absolute Gasteiger partial charge is 0.228 e. The van der Waals surface area contributed by atoms with E-state index in [0.29, 0.717) is 19.7 Å². The number of carbonyl (C=O) groups is 1. The molecule has 4 nitrogen and oxygen atoms in total. The van der Waals surface area contributed by atoms with Gasteiger partial charge in [0.2, 0.25) is 5.91 Å². The van der Waals surface area contributed by atoms with E-state index in [4.69, 9.17) is 4.74 Å². The molecule has 1 atom stereocenters. The molecule has 2 aliphatic rings. The second-order valence-electron chi connectivity index (χ2n) is 4.47. The van der Waals surface area contributed by atoms with E-state index in [1.165, 1.54) is 0 Å². The molecule has 1 unspecified atom stereocenters. The standard InChI is InChI=1S/C11H19NO3/c13-10-3-5-12(6-4-10)11(14)9-2-1-7-15-8-9/h9-10,13H,1-8H2. The minimum absolute atomic E-state index is 0.0639. The maximum atomic E-state index is 12.0. The van der Waals surface area contributed by atoms with Gasteiger partial charge in [0.05, 0.1) is 18.6 Å². The van der Waals surface area contributed by atoms with Crippen molar-refractivity contribution in [1.82, 2.24) is 4.90 Å².